The van der Waals surface area contributed by atoms with E-state index in [4.69, 9.17) is 11.0 Å². The molecule has 4 nitrogen and oxygen atoms in total. The smallest absolute Gasteiger partial charge is 0.183 e. The molecule has 1 heterocycles. The molecule has 0 saturated heterocycles. The molecule has 1 aromatic heterocycles. The largest absolute Gasteiger partial charge is 0.375 e. The Morgan fingerprint density at radius 2 is 2.05 bits per heavy atom. The monoisotopic (exact) mass is 272 g/mol. The summed E-state index contributed by atoms with van der Waals surface area (Å²) in [6.45, 7) is 4.88. The van der Waals surface area contributed by atoms with Crippen molar-refractivity contribution in [1.82, 2.24) is 4.98 Å². The molecule has 2 N–H and O–H groups in total. The summed E-state index contributed by atoms with van der Waals surface area (Å²) in [4.78, 5) is 6.97. The maximum atomic E-state index is 9.17. The van der Waals surface area contributed by atoms with E-state index in [0.717, 1.165) is 6.54 Å². The molecule has 0 amide bonds. The fourth-order valence-corrected chi connectivity index (χ4v) is 2.52. The Hall–Kier alpha value is -2.06. The van der Waals surface area contributed by atoms with Crippen molar-refractivity contribution < 1.29 is 0 Å². The quantitative estimate of drug-likeness (QED) is 0.929. The van der Waals surface area contributed by atoms with E-state index in [1.807, 2.05) is 18.2 Å². The third kappa shape index (κ3) is 3.04. The molecular formula is C14H16N4S. The first-order valence-corrected chi connectivity index (χ1v) is 6.90. The van der Waals surface area contributed by atoms with Crippen LogP contribution >= 0.6 is 11.3 Å². The highest BCUT2D eigenvalue weighted by Crippen LogP contribution is 2.29. The van der Waals surface area contributed by atoms with Gasteiger partial charge in [0.05, 0.1) is 0 Å². The molecule has 2 rings (SSSR count). The number of nitriles is 1. The summed E-state index contributed by atoms with van der Waals surface area (Å²) in [5.41, 5.74) is 6.90. The standard InChI is InChI=1S/C14H16N4S/c1-10(2)18(9-11-6-4-3-5-7-11)13-12(8-15)19-14(16)17-13/h3-7,10H,9H2,1-2H3,(H2,16,17). The van der Waals surface area contributed by atoms with Crippen LogP contribution in [0.4, 0.5) is 10.9 Å². The Bertz CT molecular complexity index is 583. The van der Waals surface area contributed by atoms with Crippen molar-refractivity contribution in [3.8, 4) is 6.07 Å². The molecule has 0 atom stereocenters. The van der Waals surface area contributed by atoms with Gasteiger partial charge in [-0.05, 0) is 19.4 Å². The van der Waals surface area contributed by atoms with Gasteiger partial charge < -0.3 is 10.6 Å². The number of nitrogens with zero attached hydrogens (tertiary/aromatic N) is 3. The minimum absolute atomic E-state index is 0.244. The number of aromatic nitrogens is 1. The Morgan fingerprint density at radius 3 is 2.63 bits per heavy atom. The topological polar surface area (TPSA) is 65.9 Å². The first-order chi connectivity index (χ1) is 9.11. The zero-order valence-corrected chi connectivity index (χ0v) is 11.8. The molecule has 19 heavy (non-hydrogen) atoms. The van der Waals surface area contributed by atoms with Crippen LogP contribution in [0.5, 0.6) is 0 Å². The number of rotatable bonds is 4. The highest BCUT2D eigenvalue weighted by molar-refractivity contribution is 7.16. The Labute approximate surface area is 117 Å². The van der Waals surface area contributed by atoms with Crippen LogP contribution < -0.4 is 10.6 Å². The second kappa shape index (κ2) is 5.72. The van der Waals surface area contributed by atoms with Gasteiger partial charge in [0, 0.05) is 12.6 Å². The second-order valence-corrected chi connectivity index (χ2v) is 5.55. The maximum Gasteiger partial charge on any atom is 0.183 e. The van der Waals surface area contributed by atoms with Crippen LogP contribution in [0.3, 0.4) is 0 Å². The van der Waals surface area contributed by atoms with Gasteiger partial charge in [-0.2, -0.15) is 5.26 Å². The van der Waals surface area contributed by atoms with Gasteiger partial charge in [0.25, 0.3) is 0 Å². The number of nitrogens with two attached hydrogens (primary N) is 1. The lowest BCUT2D eigenvalue weighted by atomic mass is 10.2. The highest BCUT2D eigenvalue weighted by Gasteiger charge is 2.19. The van der Waals surface area contributed by atoms with Crippen molar-refractivity contribution in [1.29, 1.82) is 5.26 Å². The van der Waals surface area contributed by atoms with Crippen LogP contribution in [-0.2, 0) is 6.54 Å². The number of anilines is 2. The molecule has 0 aliphatic rings. The zero-order valence-electron chi connectivity index (χ0n) is 11.0. The number of hydrogen-bond donors (Lipinski definition) is 1. The molecule has 0 spiro atoms. The molecule has 0 radical (unpaired) electrons. The summed E-state index contributed by atoms with van der Waals surface area (Å²) in [6, 6.07) is 12.6. The summed E-state index contributed by atoms with van der Waals surface area (Å²) < 4.78 is 0. The minimum Gasteiger partial charge on any atom is -0.375 e. The maximum absolute atomic E-state index is 9.17. The lowest BCUT2D eigenvalue weighted by Gasteiger charge is -2.27. The lowest BCUT2D eigenvalue weighted by molar-refractivity contribution is 0.674. The van der Waals surface area contributed by atoms with Crippen molar-refractivity contribution in [3.05, 3.63) is 40.8 Å². The highest BCUT2D eigenvalue weighted by atomic mass is 32.1. The normalized spacial score (nSPS) is 10.4. The molecule has 0 aliphatic carbocycles. The molecule has 5 heteroatoms. The van der Waals surface area contributed by atoms with Gasteiger partial charge in [-0.15, -0.1) is 0 Å². The van der Waals surface area contributed by atoms with Crippen LogP contribution in [0.25, 0.3) is 0 Å². The molecule has 0 saturated carbocycles. The van der Waals surface area contributed by atoms with Crippen LogP contribution in [0.15, 0.2) is 30.3 Å². The average Bonchev–Trinajstić information content (AvgIpc) is 2.77. The Balaban J connectivity index is 2.33. The molecule has 2 aromatic rings. The van der Waals surface area contributed by atoms with Crippen LogP contribution in [0.1, 0.15) is 24.3 Å². The predicted octanol–water partition coefficient (Wildman–Crippen LogP) is 3.01. The summed E-state index contributed by atoms with van der Waals surface area (Å²) >= 11 is 1.23. The molecule has 0 unspecified atom stereocenters. The van der Waals surface area contributed by atoms with Gasteiger partial charge in [-0.1, -0.05) is 41.7 Å². The van der Waals surface area contributed by atoms with Crippen molar-refractivity contribution in [3.63, 3.8) is 0 Å². The molecule has 0 bridgehead atoms. The van der Waals surface area contributed by atoms with E-state index >= 15 is 0 Å². The van der Waals surface area contributed by atoms with E-state index in [9.17, 15) is 0 Å². The van der Waals surface area contributed by atoms with Crippen LogP contribution in [-0.4, -0.2) is 11.0 Å². The van der Waals surface area contributed by atoms with E-state index in [1.165, 1.54) is 16.9 Å². The van der Waals surface area contributed by atoms with E-state index in [2.05, 4.69) is 41.9 Å². The van der Waals surface area contributed by atoms with Crippen LogP contribution in [0.2, 0.25) is 0 Å². The van der Waals surface area contributed by atoms with Gasteiger partial charge in [-0.25, -0.2) is 4.98 Å². The molecule has 1 aromatic carbocycles. The third-order valence-corrected chi connectivity index (χ3v) is 3.60. The fourth-order valence-electron chi connectivity index (χ4n) is 1.88. The van der Waals surface area contributed by atoms with Crippen molar-refractivity contribution >= 4 is 22.3 Å². The predicted molar refractivity (Wildman–Crippen MR) is 79.0 cm³/mol. The molecule has 98 valence electrons. The van der Waals surface area contributed by atoms with Crippen molar-refractivity contribution in [2.45, 2.75) is 26.4 Å². The summed E-state index contributed by atoms with van der Waals surface area (Å²) in [5.74, 6) is 0.684. The SMILES string of the molecule is CC(C)N(Cc1ccccc1)c1nc(N)sc1C#N. The second-order valence-electron chi connectivity index (χ2n) is 4.52. The molecule has 0 aliphatic heterocycles. The number of benzene rings is 1. The van der Waals surface area contributed by atoms with Gasteiger partial charge in [0.2, 0.25) is 0 Å². The third-order valence-electron chi connectivity index (χ3n) is 2.82. The average molecular weight is 272 g/mol. The number of hydrogen-bond acceptors (Lipinski definition) is 5. The van der Waals surface area contributed by atoms with Gasteiger partial charge in [0.1, 0.15) is 6.07 Å². The summed E-state index contributed by atoms with van der Waals surface area (Å²) in [5, 5.41) is 9.60. The van der Waals surface area contributed by atoms with Gasteiger partial charge >= 0.3 is 0 Å². The van der Waals surface area contributed by atoms with Crippen molar-refractivity contribution in [2.24, 2.45) is 0 Å². The first kappa shape index (κ1) is 13.4. The number of nitrogen functional groups attached to an aromatic ring is 1. The molecular weight excluding hydrogens is 256 g/mol. The molecule has 0 fully saturated rings. The van der Waals surface area contributed by atoms with Gasteiger partial charge in [-0.3, -0.25) is 0 Å². The summed E-state index contributed by atoms with van der Waals surface area (Å²) in [6.07, 6.45) is 0. The fraction of sp³-hybridized carbons (Fsp3) is 0.286. The minimum atomic E-state index is 0.244. The van der Waals surface area contributed by atoms with Crippen molar-refractivity contribution in [2.75, 3.05) is 10.6 Å². The Kier molecular flexibility index (Phi) is 4.03. The van der Waals surface area contributed by atoms with E-state index in [0.29, 0.717) is 15.8 Å². The lowest BCUT2D eigenvalue weighted by Crippen LogP contribution is -2.31. The van der Waals surface area contributed by atoms with E-state index in [-0.39, 0.29) is 6.04 Å². The van der Waals surface area contributed by atoms with Gasteiger partial charge in [0.15, 0.2) is 15.8 Å². The Morgan fingerprint density at radius 1 is 1.37 bits per heavy atom. The first-order valence-electron chi connectivity index (χ1n) is 6.08. The van der Waals surface area contributed by atoms with E-state index in [1.54, 1.807) is 0 Å². The van der Waals surface area contributed by atoms with E-state index < -0.39 is 0 Å². The summed E-state index contributed by atoms with van der Waals surface area (Å²) in [7, 11) is 0. The number of thiazole rings is 1. The zero-order chi connectivity index (χ0) is 13.8. The van der Waals surface area contributed by atoms with Crippen LogP contribution in [0, 0.1) is 11.3 Å².